The number of nitrogens with zero attached hydrogens (tertiary/aromatic N) is 2. The molecule has 1 aliphatic heterocycles. The summed E-state index contributed by atoms with van der Waals surface area (Å²) in [6, 6.07) is 1.94. The summed E-state index contributed by atoms with van der Waals surface area (Å²) >= 11 is 0. The van der Waals surface area contributed by atoms with Crippen molar-refractivity contribution >= 4 is 5.78 Å². The Bertz CT molecular complexity index is 403. The molecule has 2 heterocycles. The molecule has 2 unspecified atom stereocenters. The van der Waals surface area contributed by atoms with Crippen LogP contribution >= 0.6 is 0 Å². The van der Waals surface area contributed by atoms with Crippen LogP contribution in [-0.2, 0) is 11.3 Å². The summed E-state index contributed by atoms with van der Waals surface area (Å²) in [4.78, 5) is 12.5. The van der Waals surface area contributed by atoms with Crippen LogP contribution in [0.3, 0.4) is 0 Å². The molecule has 2 atom stereocenters. The fraction of sp³-hybridized carbons (Fsp3) is 0.692. The Kier molecular flexibility index (Phi) is 4.49. The van der Waals surface area contributed by atoms with Crippen LogP contribution in [0.2, 0.25) is 0 Å². The number of ether oxygens (including phenoxy) is 1. The summed E-state index contributed by atoms with van der Waals surface area (Å²) in [5.41, 5.74) is 0.704. The molecule has 1 N–H and O–H groups in total. The Hall–Kier alpha value is -1.20. The molecule has 1 fully saturated rings. The molecular weight excluding hydrogens is 230 g/mol. The minimum absolute atomic E-state index is 0.0859. The van der Waals surface area contributed by atoms with Crippen molar-refractivity contribution in [2.24, 2.45) is 5.92 Å². The minimum atomic E-state index is -0.0859. The highest BCUT2D eigenvalue weighted by atomic mass is 16.5. The van der Waals surface area contributed by atoms with Gasteiger partial charge in [-0.25, -0.2) is 0 Å². The van der Waals surface area contributed by atoms with Crippen molar-refractivity contribution in [3.05, 3.63) is 18.0 Å². The maximum atomic E-state index is 12.5. The van der Waals surface area contributed by atoms with Crippen molar-refractivity contribution in [3.63, 3.8) is 0 Å². The van der Waals surface area contributed by atoms with E-state index in [1.165, 1.54) is 0 Å². The second-order valence-corrected chi connectivity index (χ2v) is 4.61. The zero-order valence-electron chi connectivity index (χ0n) is 11.1. The van der Waals surface area contributed by atoms with Crippen LogP contribution in [-0.4, -0.2) is 41.4 Å². The Morgan fingerprint density at radius 3 is 3.11 bits per heavy atom. The Labute approximate surface area is 108 Å². The first-order valence-electron chi connectivity index (χ1n) is 6.65. The van der Waals surface area contributed by atoms with Gasteiger partial charge in [0.05, 0.1) is 19.1 Å². The van der Waals surface area contributed by atoms with Crippen LogP contribution in [0, 0.1) is 5.92 Å². The van der Waals surface area contributed by atoms with Gasteiger partial charge in [0, 0.05) is 18.8 Å². The summed E-state index contributed by atoms with van der Waals surface area (Å²) in [7, 11) is 0. The number of aryl methyl sites for hydroxylation is 1. The monoisotopic (exact) mass is 251 g/mol. The lowest BCUT2D eigenvalue weighted by molar-refractivity contribution is 0.0880. The van der Waals surface area contributed by atoms with E-state index in [0.29, 0.717) is 18.9 Å². The van der Waals surface area contributed by atoms with Crippen LogP contribution in [0.5, 0.6) is 0 Å². The van der Waals surface area contributed by atoms with E-state index in [2.05, 4.69) is 17.3 Å². The van der Waals surface area contributed by atoms with Gasteiger partial charge in [0.25, 0.3) is 0 Å². The minimum Gasteiger partial charge on any atom is -0.379 e. The Morgan fingerprint density at radius 1 is 1.56 bits per heavy atom. The zero-order chi connectivity index (χ0) is 13.0. The first-order valence-corrected chi connectivity index (χ1v) is 6.65. The highest BCUT2D eigenvalue weighted by molar-refractivity contribution is 5.97. The van der Waals surface area contributed by atoms with Crippen molar-refractivity contribution < 1.29 is 9.53 Å². The molecule has 1 aromatic heterocycles. The average molecular weight is 251 g/mol. The van der Waals surface area contributed by atoms with Gasteiger partial charge < -0.3 is 10.1 Å². The van der Waals surface area contributed by atoms with Gasteiger partial charge in [-0.05, 0) is 19.0 Å². The molecule has 1 saturated heterocycles. The lowest BCUT2D eigenvalue weighted by atomic mass is 9.96. The molecule has 0 amide bonds. The first-order chi connectivity index (χ1) is 8.77. The van der Waals surface area contributed by atoms with E-state index >= 15 is 0 Å². The maximum Gasteiger partial charge on any atom is 0.187 e. The molecule has 0 bridgehead atoms. The van der Waals surface area contributed by atoms with Crippen LogP contribution in [0.1, 0.15) is 30.8 Å². The molecule has 1 aromatic rings. The van der Waals surface area contributed by atoms with Gasteiger partial charge in [0.2, 0.25) is 0 Å². The van der Waals surface area contributed by atoms with Gasteiger partial charge in [-0.1, -0.05) is 13.8 Å². The molecule has 1 aliphatic rings. The second kappa shape index (κ2) is 6.11. The van der Waals surface area contributed by atoms with Gasteiger partial charge in [-0.3, -0.25) is 9.48 Å². The predicted molar refractivity (Wildman–Crippen MR) is 68.6 cm³/mol. The number of ketones is 1. The number of rotatable bonds is 6. The van der Waals surface area contributed by atoms with Crippen LogP contribution in [0.25, 0.3) is 0 Å². The molecule has 0 spiro atoms. The number of aromatic nitrogens is 2. The third-order valence-corrected chi connectivity index (χ3v) is 3.29. The molecule has 0 radical (unpaired) electrons. The van der Waals surface area contributed by atoms with Crippen LogP contribution < -0.4 is 5.32 Å². The number of hydrogen-bond donors (Lipinski definition) is 1. The third-order valence-electron chi connectivity index (χ3n) is 3.29. The van der Waals surface area contributed by atoms with Gasteiger partial charge in [0.15, 0.2) is 5.78 Å². The highest BCUT2D eigenvalue weighted by Crippen LogP contribution is 2.19. The second-order valence-electron chi connectivity index (χ2n) is 4.61. The number of carbonyl (C=O) groups excluding carboxylic acids is 1. The summed E-state index contributed by atoms with van der Waals surface area (Å²) in [5.74, 6) is 0.0571. The van der Waals surface area contributed by atoms with E-state index in [1.54, 1.807) is 16.9 Å². The molecule has 0 aromatic carbocycles. The van der Waals surface area contributed by atoms with E-state index in [0.717, 1.165) is 19.5 Å². The molecule has 0 aliphatic carbocycles. The van der Waals surface area contributed by atoms with Crippen LogP contribution in [0.4, 0.5) is 0 Å². The van der Waals surface area contributed by atoms with Crippen LogP contribution in [0.15, 0.2) is 12.3 Å². The van der Waals surface area contributed by atoms with E-state index in [-0.39, 0.29) is 17.7 Å². The SMILES string of the molecule is CCCn1nccc1C(=O)C1COCC1NCC. The fourth-order valence-corrected chi connectivity index (χ4v) is 2.40. The summed E-state index contributed by atoms with van der Waals surface area (Å²) in [6.07, 6.45) is 2.67. The predicted octanol–water partition coefficient (Wildman–Crippen LogP) is 1.10. The number of hydrogen-bond acceptors (Lipinski definition) is 4. The molecule has 5 heteroatoms. The number of likely N-dealkylation sites (N-methyl/N-ethyl adjacent to an activating group) is 1. The van der Waals surface area contributed by atoms with Gasteiger partial charge in [-0.15, -0.1) is 0 Å². The van der Waals surface area contributed by atoms with E-state index < -0.39 is 0 Å². The molecule has 2 rings (SSSR count). The average Bonchev–Trinajstić information content (AvgIpc) is 2.98. The molecule has 0 saturated carbocycles. The largest absolute Gasteiger partial charge is 0.379 e. The van der Waals surface area contributed by atoms with Crippen molar-refractivity contribution in [2.75, 3.05) is 19.8 Å². The maximum absolute atomic E-state index is 12.5. The number of Topliss-reactive ketones (excluding diaryl/α,β-unsaturated/α-hetero) is 1. The Balaban J connectivity index is 2.12. The number of nitrogens with one attached hydrogen (secondary N) is 1. The van der Waals surface area contributed by atoms with Crippen molar-refractivity contribution in [1.29, 1.82) is 0 Å². The zero-order valence-corrected chi connectivity index (χ0v) is 11.1. The van der Waals surface area contributed by atoms with E-state index in [9.17, 15) is 4.79 Å². The van der Waals surface area contributed by atoms with Gasteiger partial charge >= 0.3 is 0 Å². The molecule has 5 nitrogen and oxygen atoms in total. The summed E-state index contributed by atoms with van der Waals surface area (Å²) in [6.45, 7) is 6.89. The highest BCUT2D eigenvalue weighted by Gasteiger charge is 2.35. The number of carbonyl (C=O) groups is 1. The molecule has 100 valence electrons. The van der Waals surface area contributed by atoms with Crippen molar-refractivity contribution in [3.8, 4) is 0 Å². The van der Waals surface area contributed by atoms with E-state index in [4.69, 9.17) is 4.74 Å². The fourth-order valence-electron chi connectivity index (χ4n) is 2.40. The van der Waals surface area contributed by atoms with E-state index in [1.807, 2.05) is 6.92 Å². The van der Waals surface area contributed by atoms with Gasteiger partial charge in [0.1, 0.15) is 5.69 Å². The van der Waals surface area contributed by atoms with Crippen molar-refractivity contribution in [1.82, 2.24) is 15.1 Å². The third kappa shape index (κ3) is 2.62. The lowest BCUT2D eigenvalue weighted by Crippen LogP contribution is -2.39. The lowest BCUT2D eigenvalue weighted by Gasteiger charge is -2.17. The van der Waals surface area contributed by atoms with Crippen molar-refractivity contribution in [2.45, 2.75) is 32.9 Å². The molecular formula is C13H21N3O2. The van der Waals surface area contributed by atoms with Gasteiger partial charge in [-0.2, -0.15) is 5.10 Å². The topological polar surface area (TPSA) is 56.2 Å². The first kappa shape index (κ1) is 13.2. The summed E-state index contributed by atoms with van der Waals surface area (Å²) in [5, 5.41) is 7.52. The smallest absolute Gasteiger partial charge is 0.187 e. The Morgan fingerprint density at radius 2 is 2.39 bits per heavy atom. The quantitative estimate of drug-likeness (QED) is 0.769. The normalized spacial score (nSPS) is 23.4. The standard InChI is InChI=1S/C13H21N3O2/c1-3-7-16-12(5-6-15-16)13(17)10-8-18-9-11(10)14-4-2/h5-6,10-11,14H,3-4,7-9H2,1-2H3. The molecule has 18 heavy (non-hydrogen) atoms. The summed E-state index contributed by atoms with van der Waals surface area (Å²) < 4.78 is 7.22.